The summed E-state index contributed by atoms with van der Waals surface area (Å²) >= 11 is 0. The second-order valence-electron chi connectivity index (χ2n) is 5.84. The molecular weight excluding hydrogens is 284 g/mol. The van der Waals surface area contributed by atoms with Crippen LogP contribution < -0.4 is 5.32 Å². The van der Waals surface area contributed by atoms with Crippen molar-refractivity contribution in [1.82, 2.24) is 10.2 Å². The number of amides is 1. The Balaban J connectivity index is 0.00000220. The van der Waals surface area contributed by atoms with Gasteiger partial charge in [0.25, 0.3) is 5.91 Å². The monoisotopic (exact) mass is 310 g/mol. The molecular formula is C17H27ClN2O. The van der Waals surface area contributed by atoms with Crippen LogP contribution in [0.4, 0.5) is 0 Å². The van der Waals surface area contributed by atoms with Crippen molar-refractivity contribution in [3.63, 3.8) is 0 Å². The summed E-state index contributed by atoms with van der Waals surface area (Å²) in [5.74, 6) is 0.911. The minimum Gasteiger partial charge on any atom is -0.339 e. The minimum absolute atomic E-state index is 0. The number of piperidine rings is 1. The molecule has 21 heavy (non-hydrogen) atoms. The summed E-state index contributed by atoms with van der Waals surface area (Å²) in [6.45, 7) is 10.2. The van der Waals surface area contributed by atoms with Gasteiger partial charge in [-0.2, -0.15) is 0 Å². The van der Waals surface area contributed by atoms with E-state index in [1.54, 1.807) is 0 Å². The molecule has 1 fully saturated rings. The zero-order chi connectivity index (χ0) is 14.5. The number of carbonyl (C=O) groups is 1. The van der Waals surface area contributed by atoms with Gasteiger partial charge in [-0.1, -0.05) is 13.0 Å². The first-order valence-corrected chi connectivity index (χ1v) is 7.69. The number of benzene rings is 1. The first-order valence-electron chi connectivity index (χ1n) is 7.69. The Kier molecular flexibility index (Phi) is 7.20. The average Bonchev–Trinajstić information content (AvgIpc) is 2.48. The SMILES string of the molecule is CCNCC1CCN(C(=O)c2ccc(C)c(C)c2)CC1.Cl. The number of carbonyl (C=O) groups excluding carboxylic acids is 1. The van der Waals surface area contributed by atoms with Gasteiger partial charge >= 0.3 is 0 Å². The molecule has 118 valence electrons. The van der Waals surface area contributed by atoms with Gasteiger partial charge in [-0.05, 0) is 69.0 Å². The summed E-state index contributed by atoms with van der Waals surface area (Å²) in [5, 5.41) is 3.40. The van der Waals surface area contributed by atoms with Crippen molar-refractivity contribution in [1.29, 1.82) is 0 Å². The predicted octanol–water partition coefficient (Wildman–Crippen LogP) is 3.19. The van der Waals surface area contributed by atoms with Gasteiger partial charge < -0.3 is 10.2 Å². The number of likely N-dealkylation sites (tertiary alicyclic amines) is 1. The van der Waals surface area contributed by atoms with Crippen molar-refractivity contribution in [2.45, 2.75) is 33.6 Å². The summed E-state index contributed by atoms with van der Waals surface area (Å²) in [4.78, 5) is 14.5. The molecule has 1 aliphatic heterocycles. The summed E-state index contributed by atoms with van der Waals surface area (Å²) in [5.41, 5.74) is 3.27. The van der Waals surface area contributed by atoms with Crippen molar-refractivity contribution in [2.24, 2.45) is 5.92 Å². The Hall–Kier alpha value is -1.06. The van der Waals surface area contributed by atoms with Crippen molar-refractivity contribution in [3.8, 4) is 0 Å². The van der Waals surface area contributed by atoms with Gasteiger partial charge in [0, 0.05) is 18.7 Å². The third-order valence-electron chi connectivity index (χ3n) is 4.34. The van der Waals surface area contributed by atoms with Gasteiger partial charge in [0.05, 0.1) is 0 Å². The lowest BCUT2D eigenvalue weighted by Gasteiger charge is -2.32. The number of halogens is 1. The molecule has 2 rings (SSSR count). The van der Waals surface area contributed by atoms with Gasteiger partial charge in [0.15, 0.2) is 0 Å². The summed E-state index contributed by atoms with van der Waals surface area (Å²) in [7, 11) is 0. The third kappa shape index (κ3) is 4.72. The van der Waals surface area contributed by atoms with E-state index in [0.717, 1.165) is 50.5 Å². The van der Waals surface area contributed by atoms with E-state index in [0.29, 0.717) is 0 Å². The molecule has 1 N–H and O–H groups in total. The van der Waals surface area contributed by atoms with Crippen molar-refractivity contribution in [2.75, 3.05) is 26.2 Å². The fourth-order valence-corrected chi connectivity index (χ4v) is 2.75. The Labute approximate surface area is 134 Å². The van der Waals surface area contributed by atoms with E-state index in [1.807, 2.05) is 23.1 Å². The van der Waals surface area contributed by atoms with Crippen molar-refractivity contribution >= 4 is 18.3 Å². The fourth-order valence-electron chi connectivity index (χ4n) is 2.75. The summed E-state index contributed by atoms with van der Waals surface area (Å²) in [6.07, 6.45) is 2.23. The number of hydrogen-bond donors (Lipinski definition) is 1. The summed E-state index contributed by atoms with van der Waals surface area (Å²) in [6, 6.07) is 6.01. The molecule has 4 heteroatoms. The maximum absolute atomic E-state index is 12.5. The van der Waals surface area contributed by atoms with Crippen LogP contribution in [0, 0.1) is 19.8 Å². The van der Waals surface area contributed by atoms with E-state index in [2.05, 4.69) is 26.1 Å². The van der Waals surface area contributed by atoms with Gasteiger partial charge in [-0.3, -0.25) is 4.79 Å². The summed E-state index contributed by atoms with van der Waals surface area (Å²) < 4.78 is 0. The molecule has 0 spiro atoms. The van der Waals surface area contributed by atoms with Crippen LogP contribution in [-0.4, -0.2) is 37.0 Å². The largest absolute Gasteiger partial charge is 0.339 e. The van der Waals surface area contributed by atoms with Crippen LogP contribution in [0.15, 0.2) is 18.2 Å². The highest BCUT2D eigenvalue weighted by Crippen LogP contribution is 2.19. The molecule has 0 unspecified atom stereocenters. The van der Waals surface area contributed by atoms with Crippen LogP contribution >= 0.6 is 12.4 Å². The lowest BCUT2D eigenvalue weighted by Crippen LogP contribution is -2.40. The Bertz CT molecular complexity index is 468. The second-order valence-corrected chi connectivity index (χ2v) is 5.84. The molecule has 1 aromatic carbocycles. The standard InChI is InChI=1S/C17H26N2O.ClH/c1-4-18-12-15-7-9-19(10-8-15)17(20)16-6-5-13(2)14(3)11-16;/h5-6,11,15,18H,4,7-10,12H2,1-3H3;1H. The quantitative estimate of drug-likeness (QED) is 0.926. The van der Waals surface area contributed by atoms with Crippen LogP contribution in [0.3, 0.4) is 0 Å². The molecule has 1 saturated heterocycles. The van der Waals surface area contributed by atoms with Crippen LogP contribution in [-0.2, 0) is 0 Å². The maximum atomic E-state index is 12.5. The number of aryl methyl sites for hydroxylation is 2. The number of hydrogen-bond acceptors (Lipinski definition) is 2. The first-order chi connectivity index (χ1) is 9.61. The van der Waals surface area contributed by atoms with Crippen molar-refractivity contribution in [3.05, 3.63) is 34.9 Å². The molecule has 0 saturated carbocycles. The lowest BCUT2D eigenvalue weighted by molar-refractivity contribution is 0.0690. The molecule has 0 atom stereocenters. The number of nitrogens with one attached hydrogen (secondary N) is 1. The third-order valence-corrected chi connectivity index (χ3v) is 4.34. The normalized spacial score (nSPS) is 15.7. The smallest absolute Gasteiger partial charge is 0.253 e. The van der Waals surface area contributed by atoms with Gasteiger partial charge in [0.1, 0.15) is 0 Å². The molecule has 1 amide bonds. The van der Waals surface area contributed by atoms with E-state index in [9.17, 15) is 4.79 Å². The first kappa shape index (κ1) is 18.0. The van der Waals surface area contributed by atoms with Gasteiger partial charge in [-0.25, -0.2) is 0 Å². The van der Waals surface area contributed by atoms with Gasteiger partial charge in [-0.15, -0.1) is 12.4 Å². The number of nitrogens with zero attached hydrogens (tertiary/aromatic N) is 1. The van der Waals surface area contributed by atoms with Crippen LogP contribution in [0.2, 0.25) is 0 Å². The van der Waals surface area contributed by atoms with Crippen LogP contribution in [0.25, 0.3) is 0 Å². The molecule has 0 aromatic heterocycles. The highest BCUT2D eigenvalue weighted by atomic mass is 35.5. The molecule has 1 aromatic rings. The van der Waals surface area contributed by atoms with Crippen LogP contribution in [0.5, 0.6) is 0 Å². The Morgan fingerprint density at radius 3 is 2.48 bits per heavy atom. The van der Waals surface area contributed by atoms with Crippen molar-refractivity contribution < 1.29 is 4.79 Å². The fraction of sp³-hybridized carbons (Fsp3) is 0.588. The van der Waals surface area contributed by atoms with E-state index < -0.39 is 0 Å². The highest BCUT2D eigenvalue weighted by molar-refractivity contribution is 5.94. The highest BCUT2D eigenvalue weighted by Gasteiger charge is 2.23. The minimum atomic E-state index is 0. The Morgan fingerprint density at radius 2 is 1.90 bits per heavy atom. The van der Waals surface area contributed by atoms with Crippen LogP contribution in [0.1, 0.15) is 41.3 Å². The topological polar surface area (TPSA) is 32.3 Å². The molecule has 1 heterocycles. The molecule has 0 aliphatic carbocycles. The molecule has 1 aliphatic rings. The zero-order valence-electron chi connectivity index (χ0n) is 13.3. The maximum Gasteiger partial charge on any atom is 0.253 e. The van der Waals surface area contributed by atoms with Gasteiger partial charge in [0.2, 0.25) is 0 Å². The van der Waals surface area contributed by atoms with E-state index >= 15 is 0 Å². The van der Waals surface area contributed by atoms with E-state index in [-0.39, 0.29) is 18.3 Å². The average molecular weight is 311 g/mol. The molecule has 0 radical (unpaired) electrons. The lowest BCUT2D eigenvalue weighted by atomic mass is 9.96. The second kappa shape index (κ2) is 8.40. The van der Waals surface area contributed by atoms with E-state index in [1.165, 1.54) is 11.1 Å². The van der Waals surface area contributed by atoms with E-state index in [4.69, 9.17) is 0 Å². The number of rotatable bonds is 4. The predicted molar refractivity (Wildman–Crippen MR) is 90.3 cm³/mol. The Morgan fingerprint density at radius 1 is 1.24 bits per heavy atom. The zero-order valence-corrected chi connectivity index (χ0v) is 14.1. The molecule has 3 nitrogen and oxygen atoms in total. The molecule has 0 bridgehead atoms.